The normalized spacial score (nSPS) is 10.3. The number of carbonyl (C=O) groups is 1. The van der Waals surface area contributed by atoms with Crippen molar-refractivity contribution in [1.29, 1.82) is 0 Å². The summed E-state index contributed by atoms with van der Waals surface area (Å²) in [6.45, 7) is 1.71. The lowest BCUT2D eigenvalue weighted by atomic mass is 10.2. The van der Waals surface area contributed by atoms with Crippen LogP contribution in [0.4, 0.5) is 10.1 Å². The lowest BCUT2D eigenvalue weighted by Crippen LogP contribution is -2.13. The number of nitrogens with one attached hydrogen (secondary N) is 1. The number of halogens is 3. The molecule has 3 nitrogen and oxygen atoms in total. The number of hydrogen-bond acceptors (Lipinski definition) is 2. The van der Waals surface area contributed by atoms with Crippen LogP contribution in [-0.2, 0) is 0 Å². The van der Waals surface area contributed by atoms with Gasteiger partial charge in [0.25, 0.3) is 5.91 Å². The van der Waals surface area contributed by atoms with Crippen molar-refractivity contribution >= 4 is 34.8 Å². The van der Waals surface area contributed by atoms with Gasteiger partial charge < -0.3 is 5.32 Å². The number of anilines is 1. The lowest BCUT2D eigenvalue weighted by Gasteiger charge is -2.07. The Morgan fingerprint density at radius 2 is 2.00 bits per heavy atom. The summed E-state index contributed by atoms with van der Waals surface area (Å²) in [6, 6.07) is 6.89. The Bertz CT molecular complexity index is 626. The number of aryl methyl sites for hydroxylation is 1. The predicted molar refractivity (Wildman–Crippen MR) is 73.3 cm³/mol. The van der Waals surface area contributed by atoms with E-state index in [1.165, 1.54) is 24.3 Å². The average molecular weight is 299 g/mol. The summed E-state index contributed by atoms with van der Waals surface area (Å²) in [4.78, 5) is 15.9. The molecule has 2 rings (SSSR count). The zero-order valence-electron chi connectivity index (χ0n) is 9.88. The Morgan fingerprint density at radius 1 is 1.26 bits per heavy atom. The van der Waals surface area contributed by atoms with Gasteiger partial charge in [0, 0.05) is 16.3 Å². The van der Waals surface area contributed by atoms with Crippen molar-refractivity contribution in [2.24, 2.45) is 0 Å². The monoisotopic (exact) mass is 298 g/mol. The second-order valence-corrected chi connectivity index (χ2v) is 4.72. The molecule has 0 radical (unpaired) electrons. The largest absolute Gasteiger partial charge is 0.319 e. The Morgan fingerprint density at radius 3 is 2.68 bits per heavy atom. The topological polar surface area (TPSA) is 42.0 Å². The van der Waals surface area contributed by atoms with E-state index in [1.807, 2.05) is 0 Å². The molecule has 0 fully saturated rings. The molecule has 0 bridgehead atoms. The standard InChI is InChI=1S/C13H9Cl2FN2O/c1-7-4-8(5-12(15)17-7)13(19)18-11-6-9(14)2-3-10(11)16/h2-6H,1H3,(H,18,19). The molecule has 6 heteroatoms. The van der Waals surface area contributed by atoms with Gasteiger partial charge in [-0.2, -0.15) is 0 Å². The minimum atomic E-state index is -0.561. The molecule has 0 aliphatic rings. The molecule has 1 heterocycles. The molecule has 19 heavy (non-hydrogen) atoms. The molecule has 1 amide bonds. The average Bonchev–Trinajstić information content (AvgIpc) is 2.32. The molecule has 98 valence electrons. The van der Waals surface area contributed by atoms with Gasteiger partial charge in [-0.3, -0.25) is 4.79 Å². The summed E-state index contributed by atoms with van der Waals surface area (Å²) in [7, 11) is 0. The highest BCUT2D eigenvalue weighted by Gasteiger charge is 2.11. The number of nitrogens with zero attached hydrogens (tertiary/aromatic N) is 1. The first-order valence-electron chi connectivity index (χ1n) is 5.36. The van der Waals surface area contributed by atoms with Crippen LogP contribution in [0.3, 0.4) is 0 Å². The minimum absolute atomic E-state index is 0.0167. The van der Waals surface area contributed by atoms with Crippen LogP contribution in [0.2, 0.25) is 10.2 Å². The van der Waals surface area contributed by atoms with Gasteiger partial charge in [0.2, 0.25) is 0 Å². The zero-order chi connectivity index (χ0) is 14.0. The van der Waals surface area contributed by atoms with E-state index in [-0.39, 0.29) is 10.8 Å². The van der Waals surface area contributed by atoms with Crippen molar-refractivity contribution in [3.8, 4) is 0 Å². The van der Waals surface area contributed by atoms with Crippen LogP contribution in [0.1, 0.15) is 16.1 Å². The van der Waals surface area contributed by atoms with Crippen molar-refractivity contribution < 1.29 is 9.18 Å². The van der Waals surface area contributed by atoms with Gasteiger partial charge in [0.15, 0.2) is 0 Å². The molecule has 1 aromatic carbocycles. The summed E-state index contributed by atoms with van der Waals surface area (Å²) >= 11 is 11.5. The van der Waals surface area contributed by atoms with Crippen LogP contribution < -0.4 is 5.32 Å². The van der Waals surface area contributed by atoms with Gasteiger partial charge in [-0.15, -0.1) is 0 Å². The van der Waals surface area contributed by atoms with Crippen molar-refractivity contribution in [3.63, 3.8) is 0 Å². The number of rotatable bonds is 2. The van der Waals surface area contributed by atoms with Crippen molar-refractivity contribution in [1.82, 2.24) is 4.98 Å². The third kappa shape index (κ3) is 3.43. The van der Waals surface area contributed by atoms with E-state index in [9.17, 15) is 9.18 Å². The molecule has 0 aliphatic carbocycles. The first kappa shape index (κ1) is 13.8. The Hall–Kier alpha value is -1.65. The maximum Gasteiger partial charge on any atom is 0.255 e. The smallest absolute Gasteiger partial charge is 0.255 e. The fourth-order valence-electron chi connectivity index (χ4n) is 1.55. The molecular weight excluding hydrogens is 290 g/mol. The highest BCUT2D eigenvalue weighted by atomic mass is 35.5. The number of carbonyl (C=O) groups excluding carboxylic acids is 1. The lowest BCUT2D eigenvalue weighted by molar-refractivity contribution is 0.102. The van der Waals surface area contributed by atoms with Crippen LogP contribution in [0, 0.1) is 12.7 Å². The highest BCUT2D eigenvalue weighted by Crippen LogP contribution is 2.20. The number of amides is 1. The Labute approximate surface area is 119 Å². The van der Waals surface area contributed by atoms with E-state index >= 15 is 0 Å². The van der Waals surface area contributed by atoms with Gasteiger partial charge in [-0.25, -0.2) is 9.37 Å². The summed E-state index contributed by atoms with van der Waals surface area (Å²) in [5.74, 6) is -1.04. The second kappa shape index (κ2) is 5.55. The van der Waals surface area contributed by atoms with E-state index in [0.29, 0.717) is 16.3 Å². The molecule has 0 saturated heterocycles. The van der Waals surface area contributed by atoms with E-state index in [2.05, 4.69) is 10.3 Å². The predicted octanol–water partition coefficient (Wildman–Crippen LogP) is 4.09. The maximum absolute atomic E-state index is 13.5. The summed E-state index contributed by atoms with van der Waals surface area (Å²) in [5.41, 5.74) is 0.921. The Balaban J connectivity index is 2.28. The third-order valence-electron chi connectivity index (χ3n) is 2.36. The van der Waals surface area contributed by atoms with Crippen LogP contribution in [0.5, 0.6) is 0 Å². The van der Waals surface area contributed by atoms with Gasteiger partial charge >= 0.3 is 0 Å². The zero-order valence-corrected chi connectivity index (χ0v) is 11.4. The quantitative estimate of drug-likeness (QED) is 0.849. The van der Waals surface area contributed by atoms with E-state index in [4.69, 9.17) is 23.2 Å². The number of pyridine rings is 1. The summed E-state index contributed by atoms with van der Waals surface area (Å²) in [6.07, 6.45) is 0. The molecule has 1 aromatic heterocycles. The fourth-order valence-corrected chi connectivity index (χ4v) is 1.97. The van der Waals surface area contributed by atoms with Crippen LogP contribution in [0.25, 0.3) is 0 Å². The van der Waals surface area contributed by atoms with Gasteiger partial charge in [-0.1, -0.05) is 23.2 Å². The van der Waals surface area contributed by atoms with Crippen LogP contribution >= 0.6 is 23.2 Å². The molecule has 1 N–H and O–H groups in total. The second-order valence-electron chi connectivity index (χ2n) is 3.90. The first-order chi connectivity index (χ1) is 8.95. The van der Waals surface area contributed by atoms with Crippen LogP contribution in [0.15, 0.2) is 30.3 Å². The molecule has 0 unspecified atom stereocenters. The third-order valence-corrected chi connectivity index (χ3v) is 2.79. The van der Waals surface area contributed by atoms with Gasteiger partial charge in [-0.05, 0) is 37.3 Å². The number of aromatic nitrogens is 1. The highest BCUT2D eigenvalue weighted by molar-refractivity contribution is 6.31. The van der Waals surface area contributed by atoms with E-state index < -0.39 is 11.7 Å². The summed E-state index contributed by atoms with van der Waals surface area (Å²) < 4.78 is 13.5. The number of hydrogen-bond donors (Lipinski definition) is 1. The number of benzene rings is 1. The first-order valence-corrected chi connectivity index (χ1v) is 6.12. The molecule has 0 atom stereocenters. The Kier molecular flexibility index (Phi) is 4.02. The van der Waals surface area contributed by atoms with Gasteiger partial charge in [0.1, 0.15) is 11.0 Å². The minimum Gasteiger partial charge on any atom is -0.319 e. The van der Waals surface area contributed by atoms with Crippen molar-refractivity contribution in [2.45, 2.75) is 6.92 Å². The summed E-state index contributed by atoms with van der Waals surface area (Å²) in [5, 5.41) is 2.98. The van der Waals surface area contributed by atoms with E-state index in [1.54, 1.807) is 13.0 Å². The fraction of sp³-hybridized carbons (Fsp3) is 0.0769. The SMILES string of the molecule is Cc1cc(C(=O)Nc2cc(Cl)ccc2F)cc(Cl)n1. The molecule has 0 spiro atoms. The van der Waals surface area contributed by atoms with Crippen molar-refractivity contribution in [3.05, 3.63) is 57.6 Å². The van der Waals surface area contributed by atoms with E-state index in [0.717, 1.165) is 0 Å². The molecular formula is C13H9Cl2FN2O. The van der Waals surface area contributed by atoms with Crippen LogP contribution in [-0.4, -0.2) is 10.9 Å². The molecule has 0 aliphatic heterocycles. The molecule has 2 aromatic rings. The van der Waals surface area contributed by atoms with Gasteiger partial charge in [0.05, 0.1) is 5.69 Å². The van der Waals surface area contributed by atoms with Crippen molar-refractivity contribution in [2.75, 3.05) is 5.32 Å². The maximum atomic E-state index is 13.5. The molecule has 0 saturated carbocycles.